The van der Waals surface area contributed by atoms with Crippen LogP contribution in [0.3, 0.4) is 0 Å². The minimum Gasteiger partial charge on any atom is -0.256 e. The maximum absolute atomic E-state index is 11.7. The van der Waals surface area contributed by atoms with E-state index in [0.29, 0.717) is 10.8 Å². The number of sulfone groups is 1. The molecule has 4 heteroatoms. The number of benzene rings is 3. The number of nitrogens with zero attached hydrogens (tertiary/aromatic N) is 1. The average Bonchev–Trinajstić information content (AvgIpc) is 2.72. The van der Waals surface area contributed by atoms with Gasteiger partial charge in [-0.05, 0) is 70.1 Å². The van der Waals surface area contributed by atoms with E-state index in [1.54, 1.807) is 12.1 Å². The molecule has 29 heavy (non-hydrogen) atoms. The van der Waals surface area contributed by atoms with Crippen LogP contribution in [0.2, 0.25) is 0 Å². The first-order chi connectivity index (χ1) is 13.8. The van der Waals surface area contributed by atoms with Gasteiger partial charge in [-0.2, -0.15) is 0 Å². The highest BCUT2D eigenvalue weighted by atomic mass is 32.2. The van der Waals surface area contributed by atoms with Gasteiger partial charge in [0.25, 0.3) is 0 Å². The molecule has 0 fully saturated rings. The molecular formula is C25H23NO2S. The van der Waals surface area contributed by atoms with E-state index < -0.39 is 9.84 Å². The lowest BCUT2D eigenvalue weighted by Gasteiger charge is -2.13. The molecular weight excluding hydrogens is 378 g/mol. The van der Waals surface area contributed by atoms with E-state index in [4.69, 9.17) is 0 Å². The third-order valence-corrected chi connectivity index (χ3v) is 6.30. The van der Waals surface area contributed by atoms with Crippen LogP contribution in [0.4, 0.5) is 0 Å². The number of fused-ring (bicyclic) bond motifs is 1. The van der Waals surface area contributed by atoms with E-state index in [1.807, 2.05) is 36.5 Å². The Labute approximate surface area is 172 Å². The minimum absolute atomic E-state index is 0.334. The molecule has 3 aromatic carbocycles. The highest BCUT2D eigenvalue weighted by Crippen LogP contribution is 2.32. The largest absolute Gasteiger partial charge is 0.256 e. The van der Waals surface area contributed by atoms with Crippen molar-refractivity contribution >= 4 is 20.7 Å². The standard InChI is InChI=1S/C25H23NO2S/c1-17(2)24-16-22(15-21-8-5-13-26-25(21)24)20-7-4-6-19(14-20)18-9-11-23(12-10-18)29(3,27)28/h4-17H,1-3H3. The van der Waals surface area contributed by atoms with Gasteiger partial charge in [0.05, 0.1) is 10.4 Å². The summed E-state index contributed by atoms with van der Waals surface area (Å²) in [4.78, 5) is 4.92. The lowest BCUT2D eigenvalue weighted by molar-refractivity contribution is 0.602. The van der Waals surface area contributed by atoms with Crippen molar-refractivity contribution in [3.63, 3.8) is 0 Å². The fourth-order valence-electron chi connectivity index (χ4n) is 3.60. The monoisotopic (exact) mass is 401 g/mol. The van der Waals surface area contributed by atoms with Crippen molar-refractivity contribution < 1.29 is 8.42 Å². The third-order valence-electron chi connectivity index (χ3n) is 5.17. The highest BCUT2D eigenvalue weighted by Gasteiger charge is 2.11. The van der Waals surface area contributed by atoms with E-state index in [-0.39, 0.29) is 0 Å². The molecule has 0 aliphatic heterocycles. The predicted molar refractivity (Wildman–Crippen MR) is 120 cm³/mol. The molecule has 0 saturated carbocycles. The number of pyridine rings is 1. The smallest absolute Gasteiger partial charge is 0.175 e. The summed E-state index contributed by atoms with van der Waals surface area (Å²) in [7, 11) is -3.19. The molecule has 0 saturated heterocycles. The summed E-state index contributed by atoms with van der Waals surface area (Å²) in [5.74, 6) is 0.374. The van der Waals surface area contributed by atoms with Crippen LogP contribution in [0.5, 0.6) is 0 Å². The minimum atomic E-state index is -3.19. The first kappa shape index (κ1) is 19.3. The van der Waals surface area contributed by atoms with Crippen LogP contribution < -0.4 is 0 Å². The zero-order valence-corrected chi connectivity index (χ0v) is 17.6. The summed E-state index contributed by atoms with van der Waals surface area (Å²) in [5.41, 5.74) is 6.62. The molecule has 0 spiro atoms. The Morgan fingerprint density at radius 2 is 1.45 bits per heavy atom. The normalized spacial score (nSPS) is 11.9. The van der Waals surface area contributed by atoms with Crippen molar-refractivity contribution in [2.24, 2.45) is 0 Å². The Kier molecular flexibility index (Phi) is 4.97. The molecule has 0 aliphatic rings. The summed E-state index contributed by atoms with van der Waals surface area (Å²) in [6.45, 7) is 4.37. The van der Waals surface area contributed by atoms with Gasteiger partial charge < -0.3 is 0 Å². The number of hydrogen-bond acceptors (Lipinski definition) is 3. The molecule has 4 aromatic rings. The van der Waals surface area contributed by atoms with Crippen molar-refractivity contribution in [1.82, 2.24) is 4.98 Å². The second-order valence-corrected chi connectivity index (χ2v) is 9.69. The maximum atomic E-state index is 11.7. The van der Waals surface area contributed by atoms with Gasteiger partial charge in [-0.15, -0.1) is 0 Å². The molecule has 1 heterocycles. The number of rotatable bonds is 4. The Balaban J connectivity index is 1.80. The first-order valence-corrected chi connectivity index (χ1v) is 11.5. The molecule has 0 amide bonds. The maximum Gasteiger partial charge on any atom is 0.175 e. The van der Waals surface area contributed by atoms with Gasteiger partial charge >= 0.3 is 0 Å². The van der Waals surface area contributed by atoms with Crippen LogP contribution in [-0.2, 0) is 9.84 Å². The van der Waals surface area contributed by atoms with Crippen LogP contribution >= 0.6 is 0 Å². The highest BCUT2D eigenvalue weighted by molar-refractivity contribution is 7.90. The van der Waals surface area contributed by atoms with Crippen LogP contribution in [0.15, 0.2) is 83.9 Å². The molecule has 1 aromatic heterocycles. The van der Waals surface area contributed by atoms with Gasteiger partial charge in [0.2, 0.25) is 0 Å². The topological polar surface area (TPSA) is 47.0 Å². The van der Waals surface area contributed by atoms with E-state index in [0.717, 1.165) is 33.2 Å². The Morgan fingerprint density at radius 1 is 0.759 bits per heavy atom. The second kappa shape index (κ2) is 7.45. The van der Waals surface area contributed by atoms with Crippen molar-refractivity contribution in [3.05, 3.63) is 84.6 Å². The second-order valence-electron chi connectivity index (χ2n) is 7.67. The van der Waals surface area contributed by atoms with Crippen molar-refractivity contribution in [2.75, 3.05) is 6.26 Å². The predicted octanol–water partition coefficient (Wildman–Crippen LogP) is 6.10. The van der Waals surface area contributed by atoms with E-state index in [9.17, 15) is 8.42 Å². The summed E-state index contributed by atoms with van der Waals surface area (Å²) < 4.78 is 23.4. The molecule has 0 atom stereocenters. The lowest BCUT2D eigenvalue weighted by atomic mass is 9.92. The van der Waals surface area contributed by atoms with Gasteiger partial charge in [-0.3, -0.25) is 4.98 Å². The zero-order valence-electron chi connectivity index (χ0n) is 16.8. The van der Waals surface area contributed by atoms with Crippen LogP contribution in [0.1, 0.15) is 25.3 Å². The fraction of sp³-hybridized carbons (Fsp3) is 0.160. The van der Waals surface area contributed by atoms with E-state index >= 15 is 0 Å². The Hall–Kier alpha value is -2.98. The molecule has 0 radical (unpaired) electrons. The number of hydrogen-bond donors (Lipinski definition) is 0. The van der Waals surface area contributed by atoms with E-state index in [1.165, 1.54) is 11.8 Å². The van der Waals surface area contributed by atoms with Crippen LogP contribution in [0.25, 0.3) is 33.2 Å². The molecule has 0 bridgehead atoms. The summed E-state index contributed by atoms with van der Waals surface area (Å²) in [6.07, 6.45) is 3.07. The SMILES string of the molecule is CC(C)c1cc(-c2cccc(-c3ccc(S(C)(=O)=O)cc3)c2)cc2cccnc12. The Morgan fingerprint density at radius 3 is 2.10 bits per heavy atom. The van der Waals surface area contributed by atoms with Crippen LogP contribution in [0, 0.1) is 0 Å². The lowest BCUT2D eigenvalue weighted by Crippen LogP contribution is -1.96. The fourth-order valence-corrected chi connectivity index (χ4v) is 4.23. The quantitative estimate of drug-likeness (QED) is 0.415. The zero-order chi connectivity index (χ0) is 20.6. The van der Waals surface area contributed by atoms with Gasteiger partial charge in [0.15, 0.2) is 9.84 Å². The van der Waals surface area contributed by atoms with Crippen molar-refractivity contribution in [2.45, 2.75) is 24.7 Å². The third kappa shape index (κ3) is 3.94. The molecule has 3 nitrogen and oxygen atoms in total. The molecule has 0 unspecified atom stereocenters. The Bertz CT molecular complexity index is 1290. The van der Waals surface area contributed by atoms with Crippen LogP contribution in [-0.4, -0.2) is 19.7 Å². The molecule has 0 N–H and O–H groups in total. The average molecular weight is 402 g/mol. The van der Waals surface area contributed by atoms with Gasteiger partial charge in [0, 0.05) is 17.8 Å². The van der Waals surface area contributed by atoms with Crippen molar-refractivity contribution in [3.8, 4) is 22.3 Å². The van der Waals surface area contributed by atoms with Crippen molar-refractivity contribution in [1.29, 1.82) is 0 Å². The van der Waals surface area contributed by atoms with E-state index in [2.05, 4.69) is 49.2 Å². The van der Waals surface area contributed by atoms with Gasteiger partial charge in [-0.1, -0.05) is 50.2 Å². The number of aromatic nitrogens is 1. The first-order valence-electron chi connectivity index (χ1n) is 9.62. The molecule has 146 valence electrons. The molecule has 4 rings (SSSR count). The summed E-state index contributed by atoms with van der Waals surface area (Å²) >= 11 is 0. The summed E-state index contributed by atoms with van der Waals surface area (Å²) in [6, 6.07) is 23.9. The molecule has 0 aliphatic carbocycles. The van der Waals surface area contributed by atoms with Gasteiger partial charge in [-0.25, -0.2) is 8.42 Å². The van der Waals surface area contributed by atoms with Gasteiger partial charge in [0.1, 0.15) is 0 Å². The summed E-state index contributed by atoms with van der Waals surface area (Å²) in [5, 5.41) is 1.14.